The van der Waals surface area contributed by atoms with E-state index in [0.29, 0.717) is 11.1 Å². The maximum Gasteiger partial charge on any atom is 0.277 e. The van der Waals surface area contributed by atoms with Crippen LogP contribution in [0, 0.1) is 6.92 Å². The second kappa shape index (κ2) is 11.3. The molecule has 1 aliphatic carbocycles. The van der Waals surface area contributed by atoms with Gasteiger partial charge in [-0.3, -0.25) is 9.69 Å². The Kier molecular flexibility index (Phi) is 7.69. The molecule has 0 spiro atoms. The van der Waals surface area contributed by atoms with Crippen molar-refractivity contribution < 1.29 is 9.21 Å². The van der Waals surface area contributed by atoms with Gasteiger partial charge >= 0.3 is 0 Å². The van der Waals surface area contributed by atoms with Crippen molar-refractivity contribution in [3.63, 3.8) is 0 Å². The van der Waals surface area contributed by atoms with Crippen molar-refractivity contribution in [3.8, 4) is 11.5 Å². The number of rotatable bonds is 7. The van der Waals surface area contributed by atoms with Crippen molar-refractivity contribution >= 4 is 29.0 Å². The first-order chi connectivity index (χ1) is 17.2. The summed E-state index contributed by atoms with van der Waals surface area (Å²) in [4.78, 5) is 17.8. The second-order valence-corrected chi connectivity index (χ2v) is 10.3. The SMILES string of the molecule is Cc1cccc(-c2nnc(SCC(=O)Nc3ccccc3N3CCN(C4CCCCC4)CC3)o2)c1. The predicted octanol–water partition coefficient (Wildman–Crippen LogP) is 5.23. The summed E-state index contributed by atoms with van der Waals surface area (Å²) in [5.41, 5.74) is 3.96. The Labute approximate surface area is 211 Å². The van der Waals surface area contributed by atoms with E-state index < -0.39 is 0 Å². The average molecular weight is 492 g/mol. The summed E-state index contributed by atoms with van der Waals surface area (Å²) < 4.78 is 5.75. The van der Waals surface area contributed by atoms with Gasteiger partial charge < -0.3 is 14.6 Å². The molecule has 1 saturated heterocycles. The molecule has 0 atom stereocenters. The number of para-hydroxylation sites is 2. The van der Waals surface area contributed by atoms with Gasteiger partial charge in [0.1, 0.15) is 0 Å². The van der Waals surface area contributed by atoms with Crippen LogP contribution in [0.2, 0.25) is 0 Å². The lowest BCUT2D eigenvalue weighted by atomic mass is 9.94. The first-order valence-electron chi connectivity index (χ1n) is 12.6. The smallest absolute Gasteiger partial charge is 0.277 e. The molecule has 1 amide bonds. The van der Waals surface area contributed by atoms with Gasteiger partial charge in [0.2, 0.25) is 11.8 Å². The molecular formula is C27H33N5O2S. The van der Waals surface area contributed by atoms with Gasteiger partial charge in [-0.1, -0.05) is 60.9 Å². The standard InChI is InChI=1S/C27H33N5O2S/c1-20-8-7-9-21(18-20)26-29-30-27(34-26)35-19-25(33)28-23-12-5-6-13-24(23)32-16-14-31(15-17-32)22-10-3-2-4-11-22/h5-9,12-13,18,22H,2-4,10-11,14-17,19H2,1H3,(H,28,33). The number of benzene rings is 2. The van der Waals surface area contributed by atoms with Crippen LogP contribution in [0.1, 0.15) is 37.7 Å². The van der Waals surface area contributed by atoms with Crippen molar-refractivity contribution in [1.82, 2.24) is 15.1 Å². The molecule has 1 aliphatic heterocycles. The minimum Gasteiger partial charge on any atom is -0.411 e. The number of carbonyl (C=O) groups is 1. The van der Waals surface area contributed by atoms with E-state index in [1.807, 2.05) is 49.4 Å². The number of carbonyl (C=O) groups excluding carboxylic acids is 1. The lowest BCUT2D eigenvalue weighted by Crippen LogP contribution is -2.51. The highest BCUT2D eigenvalue weighted by atomic mass is 32.2. The molecule has 8 heteroatoms. The van der Waals surface area contributed by atoms with Crippen LogP contribution in [-0.4, -0.2) is 59.0 Å². The molecule has 0 bridgehead atoms. The van der Waals surface area contributed by atoms with Crippen LogP contribution in [0.15, 0.2) is 58.2 Å². The lowest BCUT2D eigenvalue weighted by Gasteiger charge is -2.42. The highest BCUT2D eigenvalue weighted by molar-refractivity contribution is 7.99. The van der Waals surface area contributed by atoms with E-state index >= 15 is 0 Å². The van der Waals surface area contributed by atoms with Gasteiger partial charge in [0, 0.05) is 37.8 Å². The number of amides is 1. The van der Waals surface area contributed by atoms with Crippen molar-refractivity contribution in [2.75, 3.05) is 42.1 Å². The molecule has 184 valence electrons. The summed E-state index contributed by atoms with van der Waals surface area (Å²) in [6, 6.07) is 16.8. The molecular weight excluding hydrogens is 458 g/mol. The Balaban J connectivity index is 1.15. The van der Waals surface area contributed by atoms with Crippen LogP contribution in [0.25, 0.3) is 11.5 Å². The largest absolute Gasteiger partial charge is 0.411 e. The first-order valence-corrected chi connectivity index (χ1v) is 13.6. The Morgan fingerprint density at radius 3 is 2.63 bits per heavy atom. The maximum absolute atomic E-state index is 12.8. The van der Waals surface area contributed by atoms with Crippen LogP contribution in [0.3, 0.4) is 0 Å². The van der Waals surface area contributed by atoms with Crippen LogP contribution in [0.4, 0.5) is 11.4 Å². The fourth-order valence-corrected chi connectivity index (χ4v) is 5.67. The van der Waals surface area contributed by atoms with Crippen LogP contribution >= 0.6 is 11.8 Å². The molecule has 0 unspecified atom stereocenters. The van der Waals surface area contributed by atoms with Gasteiger partial charge in [-0.05, 0) is 44.0 Å². The number of nitrogens with one attached hydrogen (secondary N) is 1. The summed E-state index contributed by atoms with van der Waals surface area (Å²) in [5.74, 6) is 0.590. The quantitative estimate of drug-likeness (QED) is 0.454. The number of thioether (sulfide) groups is 1. The van der Waals surface area contributed by atoms with Crippen LogP contribution in [0.5, 0.6) is 0 Å². The minimum atomic E-state index is -0.0846. The summed E-state index contributed by atoms with van der Waals surface area (Å²) in [6.07, 6.45) is 6.82. The fourth-order valence-electron chi connectivity index (χ4n) is 5.11. The molecule has 2 heterocycles. The summed E-state index contributed by atoms with van der Waals surface area (Å²) in [5, 5.41) is 11.7. The van der Waals surface area contributed by atoms with Gasteiger partial charge in [-0.15, -0.1) is 10.2 Å². The third kappa shape index (κ3) is 6.05. The number of hydrogen-bond acceptors (Lipinski definition) is 7. The van der Waals surface area contributed by atoms with Crippen LogP contribution in [-0.2, 0) is 4.79 Å². The predicted molar refractivity (Wildman–Crippen MR) is 141 cm³/mol. The molecule has 2 aromatic carbocycles. The highest BCUT2D eigenvalue weighted by Gasteiger charge is 2.26. The van der Waals surface area contributed by atoms with Gasteiger partial charge in [0.05, 0.1) is 17.1 Å². The Morgan fingerprint density at radius 2 is 1.83 bits per heavy atom. The van der Waals surface area contributed by atoms with Gasteiger partial charge in [-0.2, -0.15) is 0 Å². The van der Waals surface area contributed by atoms with E-state index in [1.54, 1.807) is 0 Å². The normalized spacial score (nSPS) is 17.5. The number of nitrogens with zero attached hydrogens (tertiary/aromatic N) is 4. The van der Waals surface area contributed by atoms with Crippen molar-refractivity contribution in [2.24, 2.45) is 0 Å². The van der Waals surface area contributed by atoms with Gasteiger partial charge in [-0.25, -0.2) is 0 Å². The van der Waals surface area contributed by atoms with E-state index in [9.17, 15) is 4.79 Å². The monoisotopic (exact) mass is 491 g/mol. The topological polar surface area (TPSA) is 74.5 Å². The highest BCUT2D eigenvalue weighted by Crippen LogP contribution is 2.30. The van der Waals surface area contributed by atoms with E-state index in [-0.39, 0.29) is 11.7 Å². The fraction of sp³-hybridized carbons (Fsp3) is 0.444. The molecule has 35 heavy (non-hydrogen) atoms. The van der Waals surface area contributed by atoms with E-state index in [1.165, 1.54) is 43.9 Å². The number of anilines is 2. The Morgan fingerprint density at radius 1 is 1.03 bits per heavy atom. The molecule has 1 N–H and O–H groups in total. The van der Waals surface area contributed by atoms with E-state index in [4.69, 9.17) is 4.42 Å². The lowest BCUT2D eigenvalue weighted by molar-refractivity contribution is -0.113. The number of piperazine rings is 1. The zero-order valence-electron chi connectivity index (χ0n) is 20.3. The molecule has 5 rings (SSSR count). The van der Waals surface area contributed by atoms with Crippen molar-refractivity contribution in [1.29, 1.82) is 0 Å². The van der Waals surface area contributed by atoms with Crippen molar-refractivity contribution in [2.45, 2.75) is 50.3 Å². The number of aryl methyl sites for hydroxylation is 1. The zero-order valence-corrected chi connectivity index (χ0v) is 21.1. The van der Waals surface area contributed by atoms with Crippen molar-refractivity contribution in [3.05, 3.63) is 54.1 Å². The van der Waals surface area contributed by atoms with Gasteiger partial charge in [0.15, 0.2) is 0 Å². The molecule has 2 aliphatic rings. The van der Waals surface area contributed by atoms with Gasteiger partial charge in [0.25, 0.3) is 5.22 Å². The Hall–Kier alpha value is -2.84. The minimum absolute atomic E-state index is 0.0846. The zero-order chi connectivity index (χ0) is 24.0. The Bertz CT molecular complexity index is 1140. The molecule has 2 fully saturated rings. The molecule has 3 aromatic rings. The van der Waals surface area contributed by atoms with E-state index in [0.717, 1.165) is 54.7 Å². The average Bonchev–Trinajstić information content (AvgIpc) is 3.38. The summed E-state index contributed by atoms with van der Waals surface area (Å²) in [6.45, 7) is 6.17. The van der Waals surface area contributed by atoms with Crippen LogP contribution < -0.4 is 10.2 Å². The van der Waals surface area contributed by atoms with E-state index in [2.05, 4.69) is 31.4 Å². The number of aromatic nitrogens is 2. The summed E-state index contributed by atoms with van der Waals surface area (Å²) in [7, 11) is 0. The molecule has 1 saturated carbocycles. The third-order valence-electron chi connectivity index (χ3n) is 6.92. The number of hydrogen-bond donors (Lipinski definition) is 1. The second-order valence-electron chi connectivity index (χ2n) is 9.41. The third-order valence-corrected chi connectivity index (χ3v) is 7.74. The maximum atomic E-state index is 12.8. The summed E-state index contributed by atoms with van der Waals surface area (Å²) >= 11 is 1.25. The molecule has 0 radical (unpaired) electrons. The molecule has 1 aromatic heterocycles. The molecule has 7 nitrogen and oxygen atoms in total. The first kappa shape index (κ1) is 23.9.